The molecule has 27 heavy (non-hydrogen) atoms. The molecule has 0 bridgehead atoms. The number of benzene rings is 1. The SMILES string of the molecule is CCCCc1nc(CO/N=C(/N)c2cccnc2Oc2ccccc2)cs1. The van der Waals surface area contributed by atoms with Crippen LogP contribution < -0.4 is 10.5 Å². The normalized spacial score (nSPS) is 11.4. The van der Waals surface area contributed by atoms with Crippen molar-refractivity contribution >= 4 is 17.2 Å². The zero-order chi connectivity index (χ0) is 18.9. The summed E-state index contributed by atoms with van der Waals surface area (Å²) in [7, 11) is 0. The molecule has 2 aromatic heterocycles. The van der Waals surface area contributed by atoms with Gasteiger partial charge in [0.25, 0.3) is 0 Å². The van der Waals surface area contributed by atoms with Crippen molar-refractivity contribution in [2.24, 2.45) is 10.9 Å². The topological polar surface area (TPSA) is 82.6 Å². The Morgan fingerprint density at radius 1 is 1.19 bits per heavy atom. The lowest BCUT2D eigenvalue weighted by molar-refractivity contribution is 0.128. The van der Waals surface area contributed by atoms with Crippen LogP contribution in [0.1, 0.15) is 36.0 Å². The van der Waals surface area contributed by atoms with Gasteiger partial charge in [-0.25, -0.2) is 9.97 Å². The average molecular weight is 382 g/mol. The molecular weight excluding hydrogens is 360 g/mol. The number of ether oxygens (including phenoxy) is 1. The Hall–Kier alpha value is -2.93. The van der Waals surface area contributed by atoms with E-state index >= 15 is 0 Å². The molecule has 6 nitrogen and oxygen atoms in total. The van der Waals surface area contributed by atoms with Crippen LogP contribution in [0.25, 0.3) is 0 Å². The molecule has 2 N–H and O–H groups in total. The Balaban J connectivity index is 1.63. The molecule has 0 unspecified atom stereocenters. The number of pyridine rings is 1. The third-order valence-electron chi connectivity index (χ3n) is 3.72. The monoisotopic (exact) mass is 382 g/mol. The van der Waals surface area contributed by atoms with Crippen molar-refractivity contribution in [3.05, 3.63) is 70.3 Å². The van der Waals surface area contributed by atoms with Gasteiger partial charge in [-0.05, 0) is 37.1 Å². The number of aromatic nitrogens is 2. The molecule has 0 fully saturated rings. The predicted octanol–water partition coefficient (Wildman–Crippen LogP) is 4.51. The Labute approximate surface area is 162 Å². The minimum atomic E-state index is 0.204. The van der Waals surface area contributed by atoms with Gasteiger partial charge in [0.05, 0.1) is 16.3 Å². The van der Waals surface area contributed by atoms with Crippen LogP contribution in [-0.4, -0.2) is 15.8 Å². The lowest BCUT2D eigenvalue weighted by atomic mass is 10.2. The Bertz CT molecular complexity index is 880. The highest BCUT2D eigenvalue weighted by molar-refractivity contribution is 7.09. The van der Waals surface area contributed by atoms with Crippen LogP contribution in [0.15, 0.2) is 59.2 Å². The second kappa shape index (κ2) is 9.68. The third kappa shape index (κ3) is 5.52. The van der Waals surface area contributed by atoms with Crippen LogP contribution in [0, 0.1) is 0 Å². The van der Waals surface area contributed by atoms with Gasteiger partial charge in [0, 0.05) is 11.6 Å². The number of thiazole rings is 1. The number of oxime groups is 1. The van der Waals surface area contributed by atoms with Crippen LogP contribution in [0.4, 0.5) is 0 Å². The van der Waals surface area contributed by atoms with Crippen LogP contribution in [0.3, 0.4) is 0 Å². The van der Waals surface area contributed by atoms with Gasteiger partial charge < -0.3 is 15.3 Å². The van der Waals surface area contributed by atoms with Gasteiger partial charge in [-0.15, -0.1) is 11.3 Å². The molecule has 0 aliphatic rings. The first-order valence-corrected chi connectivity index (χ1v) is 9.71. The summed E-state index contributed by atoms with van der Waals surface area (Å²) in [5.41, 5.74) is 7.50. The number of nitrogens with zero attached hydrogens (tertiary/aromatic N) is 3. The summed E-state index contributed by atoms with van der Waals surface area (Å²) >= 11 is 1.65. The molecule has 2 heterocycles. The van der Waals surface area contributed by atoms with Crippen molar-refractivity contribution in [3.63, 3.8) is 0 Å². The van der Waals surface area contributed by atoms with Crippen molar-refractivity contribution in [1.29, 1.82) is 0 Å². The number of rotatable bonds is 9. The Kier molecular flexibility index (Phi) is 6.76. The van der Waals surface area contributed by atoms with Crippen molar-refractivity contribution in [3.8, 4) is 11.6 Å². The molecule has 0 atom stereocenters. The first kappa shape index (κ1) is 18.8. The maximum Gasteiger partial charge on any atom is 0.230 e. The summed E-state index contributed by atoms with van der Waals surface area (Å²) < 4.78 is 5.80. The summed E-state index contributed by atoms with van der Waals surface area (Å²) in [6.45, 7) is 2.45. The van der Waals surface area contributed by atoms with Crippen LogP contribution in [0.5, 0.6) is 11.6 Å². The van der Waals surface area contributed by atoms with Crippen LogP contribution in [-0.2, 0) is 17.9 Å². The molecular formula is C20H22N4O2S. The number of amidine groups is 1. The molecule has 0 saturated heterocycles. The standard InChI is InChI=1S/C20H22N4O2S/c1-2-3-11-18-23-15(14-27-18)13-25-24-19(21)17-10-7-12-22-20(17)26-16-8-5-4-6-9-16/h4-10,12,14H,2-3,11,13H2,1H3,(H2,21,24). The van der Waals surface area contributed by atoms with Crippen molar-refractivity contribution < 1.29 is 9.57 Å². The average Bonchev–Trinajstić information content (AvgIpc) is 3.15. The lowest BCUT2D eigenvalue weighted by Crippen LogP contribution is -2.15. The molecule has 0 saturated carbocycles. The molecule has 7 heteroatoms. The third-order valence-corrected chi connectivity index (χ3v) is 4.68. The number of nitrogens with two attached hydrogens (primary N) is 1. The summed E-state index contributed by atoms with van der Waals surface area (Å²) in [6, 6.07) is 13.0. The molecule has 140 valence electrons. The Morgan fingerprint density at radius 2 is 2.04 bits per heavy atom. The summed E-state index contributed by atoms with van der Waals surface area (Å²) in [4.78, 5) is 14.2. The van der Waals surface area contributed by atoms with Crippen molar-refractivity contribution in [2.45, 2.75) is 32.8 Å². The van der Waals surface area contributed by atoms with E-state index in [1.165, 1.54) is 0 Å². The highest BCUT2D eigenvalue weighted by atomic mass is 32.1. The minimum absolute atomic E-state index is 0.204. The van der Waals surface area contributed by atoms with E-state index in [0.717, 1.165) is 30.0 Å². The molecule has 0 radical (unpaired) electrons. The van der Waals surface area contributed by atoms with E-state index in [1.54, 1.807) is 29.7 Å². The van der Waals surface area contributed by atoms with E-state index in [4.69, 9.17) is 15.3 Å². The highest BCUT2D eigenvalue weighted by Crippen LogP contribution is 2.22. The second-order valence-electron chi connectivity index (χ2n) is 5.86. The maximum absolute atomic E-state index is 6.07. The second-order valence-corrected chi connectivity index (χ2v) is 6.80. The molecule has 3 aromatic rings. The van der Waals surface area contributed by atoms with Gasteiger partial charge >= 0.3 is 0 Å². The first-order chi connectivity index (χ1) is 13.3. The zero-order valence-electron chi connectivity index (χ0n) is 15.2. The summed E-state index contributed by atoms with van der Waals surface area (Å²) in [5, 5.41) is 7.12. The molecule has 0 spiro atoms. The predicted molar refractivity (Wildman–Crippen MR) is 107 cm³/mol. The van der Waals surface area contributed by atoms with Crippen molar-refractivity contribution in [1.82, 2.24) is 9.97 Å². The van der Waals surface area contributed by atoms with E-state index in [9.17, 15) is 0 Å². The fourth-order valence-corrected chi connectivity index (χ4v) is 3.17. The fourth-order valence-electron chi connectivity index (χ4n) is 2.34. The molecule has 0 aliphatic carbocycles. The number of hydrogen-bond acceptors (Lipinski definition) is 6. The van der Waals surface area contributed by atoms with E-state index in [-0.39, 0.29) is 12.4 Å². The van der Waals surface area contributed by atoms with E-state index in [1.807, 2.05) is 35.7 Å². The van der Waals surface area contributed by atoms with Gasteiger partial charge in [0.1, 0.15) is 5.75 Å². The maximum atomic E-state index is 6.07. The zero-order valence-corrected chi connectivity index (χ0v) is 16.0. The first-order valence-electron chi connectivity index (χ1n) is 8.83. The Morgan fingerprint density at radius 3 is 2.85 bits per heavy atom. The van der Waals surface area contributed by atoms with E-state index in [0.29, 0.717) is 17.2 Å². The number of para-hydroxylation sites is 1. The molecule has 0 amide bonds. The smallest absolute Gasteiger partial charge is 0.230 e. The van der Waals surface area contributed by atoms with Gasteiger partial charge in [-0.3, -0.25) is 0 Å². The summed E-state index contributed by atoms with van der Waals surface area (Å²) in [5.74, 6) is 1.26. The fraction of sp³-hybridized carbons (Fsp3) is 0.250. The quantitative estimate of drug-likeness (QED) is 0.334. The number of unbranched alkanes of at least 4 members (excludes halogenated alkanes) is 1. The highest BCUT2D eigenvalue weighted by Gasteiger charge is 2.11. The van der Waals surface area contributed by atoms with Crippen molar-refractivity contribution in [2.75, 3.05) is 0 Å². The van der Waals surface area contributed by atoms with Gasteiger partial charge in [0.2, 0.25) is 5.88 Å². The minimum Gasteiger partial charge on any atom is -0.438 e. The van der Waals surface area contributed by atoms with E-state index < -0.39 is 0 Å². The number of hydrogen-bond donors (Lipinski definition) is 1. The lowest BCUT2D eigenvalue weighted by Gasteiger charge is -2.09. The van der Waals surface area contributed by atoms with Gasteiger partial charge in [0.15, 0.2) is 12.4 Å². The van der Waals surface area contributed by atoms with Crippen LogP contribution >= 0.6 is 11.3 Å². The van der Waals surface area contributed by atoms with Gasteiger partial charge in [-0.2, -0.15) is 0 Å². The molecule has 0 aliphatic heterocycles. The van der Waals surface area contributed by atoms with Crippen LogP contribution in [0.2, 0.25) is 0 Å². The largest absolute Gasteiger partial charge is 0.438 e. The molecule has 1 aromatic carbocycles. The van der Waals surface area contributed by atoms with Gasteiger partial charge in [-0.1, -0.05) is 36.7 Å². The van der Waals surface area contributed by atoms with E-state index in [2.05, 4.69) is 22.0 Å². The molecule has 3 rings (SSSR count). The summed E-state index contributed by atoms with van der Waals surface area (Å²) in [6.07, 6.45) is 4.94. The number of aryl methyl sites for hydroxylation is 1.